The summed E-state index contributed by atoms with van der Waals surface area (Å²) in [6.45, 7) is 4.55. The van der Waals surface area contributed by atoms with Crippen molar-refractivity contribution in [3.05, 3.63) is 22.4 Å². The Balaban J connectivity index is 1.89. The molecular formula is C10H15NS. The van der Waals surface area contributed by atoms with Gasteiger partial charge in [0.2, 0.25) is 0 Å². The summed E-state index contributed by atoms with van der Waals surface area (Å²) in [4.78, 5) is 1.45. The van der Waals surface area contributed by atoms with Crippen molar-refractivity contribution in [2.45, 2.75) is 32.4 Å². The molecule has 2 rings (SSSR count). The van der Waals surface area contributed by atoms with Gasteiger partial charge in [0.25, 0.3) is 0 Å². The molecule has 0 spiro atoms. The van der Waals surface area contributed by atoms with Crippen LogP contribution in [0.3, 0.4) is 0 Å². The smallest absolute Gasteiger partial charge is 0.0388 e. The Morgan fingerprint density at radius 1 is 1.67 bits per heavy atom. The van der Waals surface area contributed by atoms with Gasteiger partial charge >= 0.3 is 0 Å². The van der Waals surface area contributed by atoms with E-state index in [0.717, 1.165) is 12.0 Å². The minimum atomic E-state index is 0.542. The SMILES string of the molecule is CC(N[C@@H]1C[C@H]1C)c1cccs1. The van der Waals surface area contributed by atoms with E-state index in [9.17, 15) is 0 Å². The van der Waals surface area contributed by atoms with Crippen LogP contribution in [0.15, 0.2) is 17.5 Å². The second kappa shape index (κ2) is 3.19. The predicted octanol–water partition coefficient (Wildman–Crippen LogP) is 2.81. The average molecular weight is 181 g/mol. The molecule has 0 aliphatic heterocycles. The lowest BCUT2D eigenvalue weighted by molar-refractivity contribution is 0.559. The highest BCUT2D eigenvalue weighted by atomic mass is 32.1. The van der Waals surface area contributed by atoms with E-state index in [2.05, 4.69) is 36.7 Å². The van der Waals surface area contributed by atoms with E-state index in [4.69, 9.17) is 0 Å². The molecule has 1 unspecified atom stereocenters. The maximum Gasteiger partial charge on any atom is 0.0388 e. The van der Waals surface area contributed by atoms with Crippen molar-refractivity contribution in [2.24, 2.45) is 5.92 Å². The molecule has 1 nitrogen and oxygen atoms in total. The minimum Gasteiger partial charge on any atom is -0.306 e. The van der Waals surface area contributed by atoms with Crippen LogP contribution in [0, 0.1) is 5.92 Å². The summed E-state index contributed by atoms with van der Waals surface area (Å²) in [6.07, 6.45) is 1.36. The van der Waals surface area contributed by atoms with Gasteiger partial charge in [0.15, 0.2) is 0 Å². The Morgan fingerprint density at radius 2 is 2.42 bits per heavy atom. The van der Waals surface area contributed by atoms with E-state index in [1.807, 2.05) is 11.3 Å². The van der Waals surface area contributed by atoms with E-state index < -0.39 is 0 Å². The van der Waals surface area contributed by atoms with Crippen LogP contribution in [0.25, 0.3) is 0 Å². The maximum absolute atomic E-state index is 3.62. The lowest BCUT2D eigenvalue weighted by Crippen LogP contribution is -2.21. The fraction of sp³-hybridized carbons (Fsp3) is 0.600. The first-order valence-corrected chi connectivity index (χ1v) is 5.45. The summed E-state index contributed by atoms with van der Waals surface area (Å²) < 4.78 is 0. The van der Waals surface area contributed by atoms with Crippen molar-refractivity contribution >= 4 is 11.3 Å². The normalized spacial score (nSPS) is 30.2. The third-order valence-corrected chi connectivity index (χ3v) is 3.60. The van der Waals surface area contributed by atoms with Gasteiger partial charge in [-0.05, 0) is 30.7 Å². The Hall–Kier alpha value is -0.340. The van der Waals surface area contributed by atoms with Gasteiger partial charge < -0.3 is 5.32 Å². The zero-order chi connectivity index (χ0) is 8.55. The van der Waals surface area contributed by atoms with Gasteiger partial charge in [-0.15, -0.1) is 11.3 Å². The van der Waals surface area contributed by atoms with Gasteiger partial charge in [-0.25, -0.2) is 0 Å². The van der Waals surface area contributed by atoms with E-state index >= 15 is 0 Å². The third-order valence-electron chi connectivity index (χ3n) is 2.54. The summed E-state index contributed by atoms with van der Waals surface area (Å²) in [6, 6.07) is 5.64. The summed E-state index contributed by atoms with van der Waals surface area (Å²) in [5, 5.41) is 5.76. The molecule has 1 aromatic heterocycles. The van der Waals surface area contributed by atoms with E-state index in [0.29, 0.717) is 6.04 Å². The lowest BCUT2D eigenvalue weighted by Gasteiger charge is -2.10. The van der Waals surface area contributed by atoms with Gasteiger partial charge in [-0.1, -0.05) is 13.0 Å². The molecule has 2 heteroatoms. The van der Waals surface area contributed by atoms with Crippen LogP contribution < -0.4 is 5.32 Å². The Kier molecular flexibility index (Phi) is 2.20. The molecule has 1 aromatic rings. The van der Waals surface area contributed by atoms with Gasteiger partial charge in [0, 0.05) is 17.0 Å². The van der Waals surface area contributed by atoms with Gasteiger partial charge in [0.1, 0.15) is 0 Å². The molecule has 3 atom stereocenters. The number of rotatable bonds is 3. The zero-order valence-electron chi connectivity index (χ0n) is 7.58. The molecule has 1 fully saturated rings. The molecule has 0 radical (unpaired) electrons. The molecule has 1 aliphatic rings. The molecule has 0 amide bonds. The summed E-state index contributed by atoms with van der Waals surface area (Å²) >= 11 is 1.84. The first-order valence-electron chi connectivity index (χ1n) is 4.57. The fourth-order valence-corrected chi connectivity index (χ4v) is 2.24. The highest BCUT2D eigenvalue weighted by Crippen LogP contribution is 2.32. The molecule has 12 heavy (non-hydrogen) atoms. The van der Waals surface area contributed by atoms with Crippen molar-refractivity contribution in [2.75, 3.05) is 0 Å². The monoisotopic (exact) mass is 181 g/mol. The largest absolute Gasteiger partial charge is 0.306 e. The summed E-state index contributed by atoms with van der Waals surface area (Å²) in [5.41, 5.74) is 0. The van der Waals surface area contributed by atoms with Crippen LogP contribution in [-0.4, -0.2) is 6.04 Å². The highest BCUT2D eigenvalue weighted by Gasteiger charge is 2.33. The highest BCUT2D eigenvalue weighted by molar-refractivity contribution is 7.10. The van der Waals surface area contributed by atoms with Gasteiger partial charge in [-0.2, -0.15) is 0 Å². The molecule has 66 valence electrons. The fourth-order valence-electron chi connectivity index (χ4n) is 1.50. The maximum atomic E-state index is 3.62. The first kappa shape index (κ1) is 8.27. The van der Waals surface area contributed by atoms with Crippen LogP contribution in [0.1, 0.15) is 31.2 Å². The molecule has 1 saturated carbocycles. The zero-order valence-corrected chi connectivity index (χ0v) is 8.40. The van der Waals surface area contributed by atoms with Crippen LogP contribution in [0.5, 0.6) is 0 Å². The lowest BCUT2D eigenvalue weighted by atomic mass is 10.2. The average Bonchev–Trinajstić information content (AvgIpc) is 2.58. The molecule has 0 bridgehead atoms. The molecule has 1 heterocycles. The van der Waals surface area contributed by atoms with Crippen molar-refractivity contribution in [1.82, 2.24) is 5.32 Å². The summed E-state index contributed by atoms with van der Waals surface area (Å²) in [5.74, 6) is 0.896. The number of hydrogen-bond donors (Lipinski definition) is 1. The Morgan fingerprint density at radius 3 is 2.92 bits per heavy atom. The molecule has 0 saturated heterocycles. The molecule has 0 aromatic carbocycles. The standard InChI is InChI=1S/C10H15NS/c1-7-6-9(7)11-8(2)10-4-3-5-12-10/h3-5,7-9,11H,6H2,1-2H3/t7-,8?,9-/m1/s1. The van der Waals surface area contributed by atoms with Crippen LogP contribution in [-0.2, 0) is 0 Å². The van der Waals surface area contributed by atoms with Crippen LogP contribution in [0.2, 0.25) is 0 Å². The van der Waals surface area contributed by atoms with Gasteiger partial charge in [0.05, 0.1) is 0 Å². The quantitative estimate of drug-likeness (QED) is 0.756. The van der Waals surface area contributed by atoms with Gasteiger partial charge in [-0.3, -0.25) is 0 Å². The van der Waals surface area contributed by atoms with Crippen molar-refractivity contribution in [3.63, 3.8) is 0 Å². The predicted molar refractivity (Wildman–Crippen MR) is 53.4 cm³/mol. The Labute approximate surface area is 77.8 Å². The van der Waals surface area contributed by atoms with Crippen LogP contribution in [0.4, 0.5) is 0 Å². The van der Waals surface area contributed by atoms with E-state index in [1.165, 1.54) is 11.3 Å². The number of hydrogen-bond acceptors (Lipinski definition) is 2. The molecule has 1 N–H and O–H groups in total. The second-order valence-electron chi connectivity index (χ2n) is 3.72. The minimum absolute atomic E-state index is 0.542. The van der Waals surface area contributed by atoms with E-state index in [1.54, 1.807) is 0 Å². The van der Waals surface area contributed by atoms with Crippen molar-refractivity contribution < 1.29 is 0 Å². The van der Waals surface area contributed by atoms with Crippen molar-refractivity contribution in [1.29, 1.82) is 0 Å². The first-order chi connectivity index (χ1) is 5.77. The molecule has 1 aliphatic carbocycles. The molecular weight excluding hydrogens is 166 g/mol. The van der Waals surface area contributed by atoms with Crippen molar-refractivity contribution in [3.8, 4) is 0 Å². The summed E-state index contributed by atoms with van der Waals surface area (Å²) in [7, 11) is 0. The van der Waals surface area contributed by atoms with Crippen LogP contribution >= 0.6 is 11.3 Å². The number of thiophene rings is 1. The second-order valence-corrected chi connectivity index (χ2v) is 4.70. The van der Waals surface area contributed by atoms with E-state index in [-0.39, 0.29) is 0 Å². The topological polar surface area (TPSA) is 12.0 Å². The third kappa shape index (κ3) is 1.70. The Bertz CT molecular complexity index is 242. The number of nitrogens with one attached hydrogen (secondary N) is 1.